The number of halogens is 3. The zero-order chi connectivity index (χ0) is 12.2. The van der Waals surface area contributed by atoms with E-state index in [4.69, 9.17) is 34.8 Å². The molecule has 1 aromatic heterocycles. The van der Waals surface area contributed by atoms with Crippen molar-refractivity contribution >= 4 is 46.5 Å². The lowest BCUT2D eigenvalue weighted by Gasteiger charge is -2.16. The summed E-state index contributed by atoms with van der Waals surface area (Å²) >= 11 is 17.7. The number of hydrogen-bond donors (Lipinski definition) is 0. The first-order valence-corrected chi connectivity index (χ1v) is 6.47. The molecular formula is C11H9Cl3N2O. The van der Waals surface area contributed by atoms with Crippen molar-refractivity contribution in [1.29, 1.82) is 0 Å². The first-order chi connectivity index (χ1) is 7.99. The summed E-state index contributed by atoms with van der Waals surface area (Å²) in [4.78, 5) is 18.0. The van der Waals surface area contributed by atoms with Gasteiger partial charge < -0.3 is 0 Å². The smallest absolute Gasteiger partial charge is 0.234 e. The minimum atomic E-state index is -0.890. The molecule has 1 amide bonds. The van der Waals surface area contributed by atoms with Gasteiger partial charge in [-0.05, 0) is 24.5 Å². The van der Waals surface area contributed by atoms with Gasteiger partial charge in [-0.15, -0.1) is 23.2 Å². The normalized spacial score (nSPS) is 24.6. The second-order valence-corrected chi connectivity index (χ2v) is 6.30. The highest BCUT2D eigenvalue weighted by Crippen LogP contribution is 2.54. The number of nitrogens with zero attached hydrogens (tertiary/aromatic N) is 2. The number of carbonyl (C=O) groups excluding carboxylic acids is 1. The number of hydrogen-bond acceptors (Lipinski definition) is 2. The van der Waals surface area contributed by atoms with Gasteiger partial charge in [-0.3, -0.25) is 9.69 Å². The van der Waals surface area contributed by atoms with Crippen molar-refractivity contribution in [2.75, 3.05) is 11.4 Å². The van der Waals surface area contributed by atoms with Gasteiger partial charge in [0.15, 0.2) is 0 Å². The Bertz CT molecular complexity index is 503. The van der Waals surface area contributed by atoms with Crippen LogP contribution < -0.4 is 4.90 Å². The Balaban J connectivity index is 1.89. The number of rotatable bonds is 1. The number of amides is 1. The number of aromatic nitrogens is 1. The topological polar surface area (TPSA) is 33.2 Å². The Morgan fingerprint density at radius 1 is 1.47 bits per heavy atom. The lowest BCUT2D eigenvalue weighted by atomic mass is 10.2. The van der Waals surface area contributed by atoms with Crippen molar-refractivity contribution in [2.24, 2.45) is 5.92 Å². The number of anilines is 1. The summed E-state index contributed by atoms with van der Waals surface area (Å²) in [6, 6.07) is 3.64. The Labute approximate surface area is 114 Å². The van der Waals surface area contributed by atoms with E-state index in [0.717, 1.165) is 12.0 Å². The molecule has 3 nitrogen and oxygen atoms in total. The summed E-state index contributed by atoms with van der Waals surface area (Å²) in [5, 5.41) is 0.391. The first-order valence-electron chi connectivity index (χ1n) is 5.34. The molecule has 90 valence electrons. The highest BCUT2D eigenvalue weighted by molar-refractivity contribution is 6.52. The van der Waals surface area contributed by atoms with Crippen LogP contribution in [0, 0.1) is 5.92 Å². The maximum Gasteiger partial charge on any atom is 0.234 e. The van der Waals surface area contributed by atoms with E-state index >= 15 is 0 Å². The quantitative estimate of drug-likeness (QED) is 0.589. The van der Waals surface area contributed by atoms with E-state index in [2.05, 4.69) is 4.98 Å². The molecule has 2 heterocycles. The summed E-state index contributed by atoms with van der Waals surface area (Å²) in [7, 11) is 0. The van der Waals surface area contributed by atoms with Crippen LogP contribution in [0.2, 0.25) is 5.15 Å². The monoisotopic (exact) mass is 290 g/mol. The van der Waals surface area contributed by atoms with Crippen LogP contribution in [0.1, 0.15) is 12.0 Å². The van der Waals surface area contributed by atoms with Crippen molar-refractivity contribution in [2.45, 2.75) is 17.2 Å². The lowest BCUT2D eigenvalue weighted by molar-refractivity contribution is -0.119. The molecule has 1 saturated carbocycles. The van der Waals surface area contributed by atoms with E-state index in [-0.39, 0.29) is 11.8 Å². The van der Waals surface area contributed by atoms with Crippen LogP contribution in [-0.2, 0) is 11.2 Å². The Morgan fingerprint density at radius 3 is 2.82 bits per heavy atom. The molecule has 0 spiro atoms. The van der Waals surface area contributed by atoms with Gasteiger partial charge in [0, 0.05) is 6.54 Å². The molecule has 1 aliphatic heterocycles. The van der Waals surface area contributed by atoms with E-state index in [1.165, 1.54) is 0 Å². The van der Waals surface area contributed by atoms with E-state index < -0.39 is 4.33 Å². The molecule has 0 aromatic carbocycles. The molecule has 3 rings (SSSR count). The largest absolute Gasteiger partial charge is 0.296 e. The van der Waals surface area contributed by atoms with E-state index in [9.17, 15) is 4.79 Å². The lowest BCUT2D eigenvalue weighted by Crippen LogP contribution is -2.32. The van der Waals surface area contributed by atoms with Crippen molar-refractivity contribution in [3.63, 3.8) is 0 Å². The highest BCUT2D eigenvalue weighted by Gasteiger charge is 2.58. The van der Waals surface area contributed by atoms with Crippen LogP contribution in [0.3, 0.4) is 0 Å². The number of carbonyl (C=O) groups is 1. The van der Waals surface area contributed by atoms with Gasteiger partial charge in [-0.1, -0.05) is 17.7 Å². The summed E-state index contributed by atoms with van der Waals surface area (Å²) in [6.07, 6.45) is 1.32. The molecule has 1 atom stereocenters. The van der Waals surface area contributed by atoms with Gasteiger partial charge in [0.2, 0.25) is 5.91 Å². The van der Waals surface area contributed by atoms with Crippen LogP contribution in [0.5, 0.6) is 0 Å². The summed E-state index contributed by atoms with van der Waals surface area (Å²) in [5.41, 5.74) is 1.04. The number of fused-ring (bicyclic) bond motifs is 1. The second-order valence-electron chi connectivity index (χ2n) is 4.37. The molecule has 6 heteroatoms. The van der Waals surface area contributed by atoms with E-state index in [1.807, 2.05) is 6.07 Å². The standard InChI is InChI=1S/C11H9Cl3N2O/c12-8-2-1-6-3-4-16(9(6)15-8)10(17)7-5-11(7,13)14/h1-2,7H,3-5H2. The Morgan fingerprint density at radius 2 is 2.18 bits per heavy atom. The maximum atomic E-state index is 12.2. The summed E-state index contributed by atoms with van der Waals surface area (Å²) < 4.78 is -0.890. The van der Waals surface area contributed by atoms with Gasteiger partial charge in [-0.25, -0.2) is 4.98 Å². The van der Waals surface area contributed by atoms with Crippen LogP contribution in [0.4, 0.5) is 5.82 Å². The minimum absolute atomic E-state index is 0.0523. The van der Waals surface area contributed by atoms with Crippen LogP contribution >= 0.6 is 34.8 Å². The fourth-order valence-corrected chi connectivity index (χ4v) is 2.74. The second kappa shape index (κ2) is 3.74. The third-order valence-corrected chi connectivity index (χ3v) is 4.22. The van der Waals surface area contributed by atoms with Crippen molar-refractivity contribution < 1.29 is 4.79 Å². The maximum absolute atomic E-state index is 12.2. The average Bonchev–Trinajstić information content (AvgIpc) is 2.72. The van der Waals surface area contributed by atoms with Gasteiger partial charge >= 0.3 is 0 Å². The minimum Gasteiger partial charge on any atom is -0.296 e. The van der Waals surface area contributed by atoms with Crippen molar-refractivity contribution in [3.8, 4) is 0 Å². The zero-order valence-corrected chi connectivity index (χ0v) is 11.1. The van der Waals surface area contributed by atoms with E-state index in [0.29, 0.717) is 23.9 Å². The van der Waals surface area contributed by atoms with Crippen LogP contribution in [0.25, 0.3) is 0 Å². The van der Waals surface area contributed by atoms with Crippen molar-refractivity contribution in [3.05, 3.63) is 22.8 Å². The molecule has 0 bridgehead atoms. The molecule has 1 aromatic rings. The molecule has 2 aliphatic rings. The zero-order valence-electron chi connectivity index (χ0n) is 8.79. The van der Waals surface area contributed by atoms with E-state index in [1.54, 1.807) is 11.0 Å². The Hall–Kier alpha value is -0.510. The molecule has 17 heavy (non-hydrogen) atoms. The van der Waals surface area contributed by atoms with Crippen molar-refractivity contribution in [1.82, 2.24) is 4.98 Å². The summed E-state index contributed by atoms with van der Waals surface area (Å²) in [6.45, 7) is 0.627. The molecule has 1 fully saturated rings. The molecule has 0 radical (unpaired) electrons. The molecular weight excluding hydrogens is 282 g/mol. The van der Waals surface area contributed by atoms with Gasteiger partial charge in [0.1, 0.15) is 15.3 Å². The first kappa shape index (κ1) is 11.6. The number of alkyl halides is 2. The highest BCUT2D eigenvalue weighted by atomic mass is 35.5. The van der Waals surface area contributed by atoms with Crippen LogP contribution in [-0.4, -0.2) is 21.8 Å². The SMILES string of the molecule is O=C(C1CC1(Cl)Cl)N1CCc2ccc(Cl)nc21. The number of pyridine rings is 1. The third-order valence-electron chi connectivity index (χ3n) is 3.17. The van der Waals surface area contributed by atoms with Gasteiger partial charge in [-0.2, -0.15) is 0 Å². The molecule has 0 saturated heterocycles. The molecule has 0 N–H and O–H groups in total. The molecule has 1 unspecified atom stereocenters. The average molecular weight is 292 g/mol. The van der Waals surface area contributed by atoms with Crippen LogP contribution in [0.15, 0.2) is 12.1 Å². The van der Waals surface area contributed by atoms with Gasteiger partial charge in [0.25, 0.3) is 0 Å². The summed E-state index contributed by atoms with van der Waals surface area (Å²) in [5.74, 6) is 0.291. The predicted molar refractivity (Wildman–Crippen MR) is 67.8 cm³/mol. The fraction of sp³-hybridized carbons (Fsp3) is 0.455. The molecule has 1 aliphatic carbocycles. The third kappa shape index (κ3) is 1.90. The predicted octanol–water partition coefficient (Wildman–Crippen LogP) is 2.82. The Kier molecular flexibility index (Phi) is 2.55. The fourth-order valence-electron chi connectivity index (χ4n) is 2.10. The van der Waals surface area contributed by atoms with Gasteiger partial charge in [0.05, 0.1) is 5.92 Å².